The molecule has 4 heteroatoms. The van der Waals surface area contributed by atoms with Crippen LogP contribution < -0.4 is 5.32 Å². The minimum Gasteiger partial charge on any atom is -0.355 e. The summed E-state index contributed by atoms with van der Waals surface area (Å²) in [5, 5.41) is 3.19. The van der Waals surface area contributed by atoms with Crippen LogP contribution >= 0.6 is 0 Å². The Morgan fingerprint density at radius 3 is 2.41 bits per heavy atom. The molecular weight excluding hydrogens is 360 g/mol. The number of amides is 2. The Balaban J connectivity index is 1.37. The molecule has 1 saturated heterocycles. The van der Waals surface area contributed by atoms with Gasteiger partial charge in [-0.2, -0.15) is 0 Å². The molecule has 1 aliphatic carbocycles. The number of aryl methyl sites for hydroxylation is 2. The fourth-order valence-electron chi connectivity index (χ4n) is 4.57. The van der Waals surface area contributed by atoms with Gasteiger partial charge < -0.3 is 10.2 Å². The van der Waals surface area contributed by atoms with Gasteiger partial charge in [-0.1, -0.05) is 47.5 Å². The van der Waals surface area contributed by atoms with Gasteiger partial charge in [-0.05, 0) is 57.2 Å². The van der Waals surface area contributed by atoms with E-state index in [1.165, 1.54) is 5.56 Å². The highest BCUT2D eigenvalue weighted by atomic mass is 16.2. The van der Waals surface area contributed by atoms with Crippen LogP contribution in [0.2, 0.25) is 0 Å². The fourth-order valence-corrected chi connectivity index (χ4v) is 4.57. The van der Waals surface area contributed by atoms with Crippen LogP contribution in [0.1, 0.15) is 52.7 Å². The molecular formula is C25H30N2O2. The normalized spacial score (nSPS) is 20.2. The summed E-state index contributed by atoms with van der Waals surface area (Å²) in [6.45, 7) is 5.95. The Hall–Kier alpha value is -2.62. The van der Waals surface area contributed by atoms with E-state index in [1.54, 1.807) is 0 Å². The predicted molar refractivity (Wildman–Crippen MR) is 115 cm³/mol. The molecule has 1 unspecified atom stereocenters. The maximum absolute atomic E-state index is 13.0. The maximum atomic E-state index is 13.0. The summed E-state index contributed by atoms with van der Waals surface area (Å²) in [4.78, 5) is 27.7. The Morgan fingerprint density at radius 1 is 1.07 bits per heavy atom. The van der Waals surface area contributed by atoms with Crippen LogP contribution in [0.3, 0.4) is 0 Å². The van der Waals surface area contributed by atoms with E-state index in [4.69, 9.17) is 0 Å². The average molecular weight is 391 g/mol. The Bertz CT molecular complexity index is 882. The lowest BCUT2D eigenvalue weighted by molar-refractivity contribution is -0.126. The van der Waals surface area contributed by atoms with Crippen molar-refractivity contribution in [2.24, 2.45) is 5.92 Å². The van der Waals surface area contributed by atoms with E-state index in [-0.39, 0.29) is 23.1 Å². The van der Waals surface area contributed by atoms with E-state index >= 15 is 0 Å². The first-order chi connectivity index (χ1) is 14.0. The van der Waals surface area contributed by atoms with Crippen molar-refractivity contribution in [3.8, 4) is 0 Å². The van der Waals surface area contributed by atoms with Crippen molar-refractivity contribution in [2.45, 2.75) is 44.9 Å². The van der Waals surface area contributed by atoms with E-state index < -0.39 is 0 Å². The summed E-state index contributed by atoms with van der Waals surface area (Å²) in [6.07, 6.45) is 3.97. The Morgan fingerprint density at radius 2 is 1.76 bits per heavy atom. The second-order valence-electron chi connectivity index (χ2n) is 8.83. The standard InChI is InChI=1S/C25H30N2O2/c1-18-13-19(2)15-21(14-18)24(29)27-12-6-7-20(16-27)23(28)26-17-25(10-11-25)22-8-4-3-5-9-22/h3-5,8-9,13-15,20H,6-7,10-12,16-17H2,1-2H3,(H,26,28). The van der Waals surface area contributed by atoms with Gasteiger partial charge >= 0.3 is 0 Å². The summed E-state index contributed by atoms with van der Waals surface area (Å²) in [5.74, 6) is 0.00700. The molecule has 1 saturated carbocycles. The van der Waals surface area contributed by atoms with Crippen LogP contribution in [0.5, 0.6) is 0 Å². The lowest BCUT2D eigenvalue weighted by Crippen LogP contribution is -2.46. The van der Waals surface area contributed by atoms with Crippen molar-refractivity contribution < 1.29 is 9.59 Å². The number of carbonyl (C=O) groups excluding carboxylic acids is 2. The lowest BCUT2D eigenvalue weighted by atomic mass is 9.94. The molecule has 2 amide bonds. The van der Waals surface area contributed by atoms with Crippen molar-refractivity contribution in [1.82, 2.24) is 10.2 Å². The first-order valence-electron chi connectivity index (χ1n) is 10.7. The van der Waals surface area contributed by atoms with Gasteiger partial charge in [0, 0.05) is 30.6 Å². The molecule has 1 N–H and O–H groups in total. The summed E-state index contributed by atoms with van der Waals surface area (Å²) < 4.78 is 0. The average Bonchev–Trinajstić information content (AvgIpc) is 3.53. The quantitative estimate of drug-likeness (QED) is 0.839. The largest absolute Gasteiger partial charge is 0.355 e. The molecule has 1 heterocycles. The third-order valence-corrected chi connectivity index (χ3v) is 6.39. The van der Waals surface area contributed by atoms with Crippen molar-refractivity contribution >= 4 is 11.8 Å². The zero-order chi connectivity index (χ0) is 20.4. The second kappa shape index (κ2) is 8.02. The van der Waals surface area contributed by atoms with E-state index in [2.05, 4.69) is 35.6 Å². The number of hydrogen-bond acceptors (Lipinski definition) is 2. The first-order valence-corrected chi connectivity index (χ1v) is 10.7. The molecule has 0 bridgehead atoms. The molecule has 0 aromatic heterocycles. The van der Waals surface area contributed by atoms with Gasteiger partial charge in [-0.15, -0.1) is 0 Å². The number of hydrogen-bond donors (Lipinski definition) is 1. The van der Waals surface area contributed by atoms with Gasteiger partial charge in [0.25, 0.3) is 5.91 Å². The molecule has 2 aromatic rings. The highest BCUT2D eigenvalue weighted by Crippen LogP contribution is 2.47. The molecule has 29 heavy (non-hydrogen) atoms. The van der Waals surface area contributed by atoms with Gasteiger partial charge in [0.2, 0.25) is 5.91 Å². The Kier molecular flexibility index (Phi) is 5.44. The van der Waals surface area contributed by atoms with Crippen molar-refractivity contribution in [3.63, 3.8) is 0 Å². The smallest absolute Gasteiger partial charge is 0.253 e. The van der Waals surface area contributed by atoms with Crippen LogP contribution in [-0.4, -0.2) is 36.3 Å². The van der Waals surface area contributed by atoms with Crippen LogP contribution in [-0.2, 0) is 10.2 Å². The van der Waals surface area contributed by atoms with Crippen LogP contribution in [0.25, 0.3) is 0 Å². The first kappa shape index (κ1) is 19.7. The molecule has 2 fully saturated rings. The highest BCUT2D eigenvalue weighted by molar-refractivity contribution is 5.95. The highest BCUT2D eigenvalue weighted by Gasteiger charge is 2.44. The van der Waals surface area contributed by atoms with Gasteiger partial charge in [0.1, 0.15) is 0 Å². The van der Waals surface area contributed by atoms with Crippen LogP contribution in [0.15, 0.2) is 48.5 Å². The van der Waals surface area contributed by atoms with E-state index in [1.807, 2.05) is 36.9 Å². The number of benzene rings is 2. The van der Waals surface area contributed by atoms with Crippen molar-refractivity contribution in [2.75, 3.05) is 19.6 Å². The van der Waals surface area contributed by atoms with E-state index in [0.717, 1.165) is 48.9 Å². The van der Waals surface area contributed by atoms with Gasteiger partial charge in [-0.25, -0.2) is 0 Å². The molecule has 0 radical (unpaired) electrons. The lowest BCUT2D eigenvalue weighted by Gasteiger charge is -2.32. The zero-order valence-corrected chi connectivity index (χ0v) is 17.4. The SMILES string of the molecule is Cc1cc(C)cc(C(=O)N2CCCC(C(=O)NCC3(c4ccccc4)CC3)C2)c1. The number of piperidine rings is 1. The second-order valence-corrected chi connectivity index (χ2v) is 8.83. The summed E-state index contributed by atoms with van der Waals surface area (Å²) in [6, 6.07) is 16.4. The van der Waals surface area contributed by atoms with E-state index in [0.29, 0.717) is 13.1 Å². The van der Waals surface area contributed by atoms with Crippen molar-refractivity contribution in [1.29, 1.82) is 0 Å². The number of nitrogens with zero attached hydrogens (tertiary/aromatic N) is 1. The third kappa shape index (κ3) is 4.36. The van der Waals surface area contributed by atoms with Crippen molar-refractivity contribution in [3.05, 3.63) is 70.8 Å². The number of rotatable bonds is 5. The maximum Gasteiger partial charge on any atom is 0.253 e. The zero-order valence-electron chi connectivity index (χ0n) is 17.4. The molecule has 152 valence electrons. The molecule has 1 atom stereocenters. The molecule has 4 nitrogen and oxygen atoms in total. The molecule has 2 aliphatic rings. The summed E-state index contributed by atoms with van der Waals surface area (Å²) >= 11 is 0. The molecule has 4 rings (SSSR count). The Labute approximate surface area is 173 Å². The number of carbonyl (C=O) groups is 2. The molecule has 2 aromatic carbocycles. The minimum absolute atomic E-state index is 0.0391. The molecule has 1 aliphatic heterocycles. The van der Waals surface area contributed by atoms with Crippen LogP contribution in [0.4, 0.5) is 0 Å². The fraction of sp³-hybridized carbons (Fsp3) is 0.440. The number of nitrogens with one attached hydrogen (secondary N) is 1. The third-order valence-electron chi connectivity index (χ3n) is 6.39. The predicted octanol–water partition coefficient (Wildman–Crippen LogP) is 4.00. The summed E-state index contributed by atoms with van der Waals surface area (Å²) in [5.41, 5.74) is 4.34. The molecule has 0 spiro atoms. The monoisotopic (exact) mass is 390 g/mol. The van der Waals surface area contributed by atoms with E-state index in [9.17, 15) is 9.59 Å². The van der Waals surface area contributed by atoms with Crippen LogP contribution in [0, 0.1) is 19.8 Å². The number of likely N-dealkylation sites (tertiary alicyclic amines) is 1. The topological polar surface area (TPSA) is 49.4 Å². The van der Waals surface area contributed by atoms with Gasteiger partial charge in [0.15, 0.2) is 0 Å². The van der Waals surface area contributed by atoms with Gasteiger partial charge in [0.05, 0.1) is 5.92 Å². The summed E-state index contributed by atoms with van der Waals surface area (Å²) in [7, 11) is 0. The van der Waals surface area contributed by atoms with Gasteiger partial charge in [-0.3, -0.25) is 9.59 Å². The minimum atomic E-state index is -0.120.